The summed E-state index contributed by atoms with van der Waals surface area (Å²) in [4.78, 5) is 10.5. The molecule has 0 atom stereocenters. The molecule has 1 aromatic carbocycles. The normalized spacial score (nSPS) is 10.0. The van der Waals surface area contributed by atoms with Gasteiger partial charge >= 0.3 is 12.6 Å². The van der Waals surface area contributed by atoms with Crippen LogP contribution in [0.3, 0.4) is 0 Å². The van der Waals surface area contributed by atoms with Gasteiger partial charge in [-0.3, -0.25) is 4.79 Å². The Hall–Kier alpha value is -2.36. The molecule has 0 saturated heterocycles. The first-order valence-electron chi connectivity index (χ1n) is 4.43. The zero-order valence-electron chi connectivity index (χ0n) is 8.48. The van der Waals surface area contributed by atoms with Gasteiger partial charge in [0.2, 0.25) is 0 Å². The monoisotopic (exact) mass is 242 g/mol. The number of carboxylic acid groups (broad SMARTS) is 1. The molecule has 5 nitrogen and oxygen atoms in total. The van der Waals surface area contributed by atoms with Crippen molar-refractivity contribution >= 4 is 11.7 Å². The number of carboxylic acids is 1. The van der Waals surface area contributed by atoms with Gasteiger partial charge in [0, 0.05) is 11.8 Å². The molecule has 1 rings (SSSR count). The van der Waals surface area contributed by atoms with Crippen LogP contribution in [0.1, 0.15) is 11.1 Å². The summed E-state index contributed by atoms with van der Waals surface area (Å²) in [5.41, 5.74) is 5.45. The molecule has 0 aromatic heterocycles. The molecule has 7 heteroatoms. The second-order valence-electron chi connectivity index (χ2n) is 3.11. The number of ether oxygens (including phenoxy) is 1. The predicted octanol–water partition coefficient (Wildman–Crippen LogP) is 1.37. The third-order valence-electron chi connectivity index (χ3n) is 1.92. The maximum Gasteiger partial charge on any atom is 0.387 e. The quantitative estimate of drug-likeness (QED) is 0.777. The number of nitrogens with two attached hydrogens (primary N) is 1. The Kier molecular flexibility index (Phi) is 3.82. The number of benzene rings is 1. The molecule has 0 unspecified atom stereocenters. The maximum absolute atomic E-state index is 12.0. The number of nitrogen functional groups attached to an aromatic ring is 1. The number of alkyl halides is 2. The van der Waals surface area contributed by atoms with E-state index in [2.05, 4.69) is 4.74 Å². The zero-order valence-corrected chi connectivity index (χ0v) is 8.48. The largest absolute Gasteiger partial charge is 0.481 e. The summed E-state index contributed by atoms with van der Waals surface area (Å²) in [5.74, 6) is -1.50. The second kappa shape index (κ2) is 5.12. The van der Waals surface area contributed by atoms with Crippen LogP contribution in [0.5, 0.6) is 5.75 Å². The molecule has 3 N–H and O–H groups in total. The van der Waals surface area contributed by atoms with E-state index in [-0.39, 0.29) is 22.6 Å². The van der Waals surface area contributed by atoms with Crippen molar-refractivity contribution in [3.63, 3.8) is 0 Å². The standard InChI is InChI=1S/C10H8F2N2O3/c11-10(12)17-8-3-7(14)5(2-9(15)16)1-6(8)4-13/h1,3,10H,2,14H2,(H,15,16). The number of aliphatic carboxylic acids is 1. The van der Waals surface area contributed by atoms with Crippen molar-refractivity contribution in [3.8, 4) is 11.8 Å². The van der Waals surface area contributed by atoms with E-state index in [0.717, 1.165) is 12.1 Å². The van der Waals surface area contributed by atoms with Crippen LogP contribution in [0.25, 0.3) is 0 Å². The van der Waals surface area contributed by atoms with Crippen LogP contribution in [0.2, 0.25) is 0 Å². The van der Waals surface area contributed by atoms with Gasteiger partial charge in [-0.1, -0.05) is 0 Å². The lowest BCUT2D eigenvalue weighted by Gasteiger charge is -2.10. The van der Waals surface area contributed by atoms with Crippen LogP contribution in [0.4, 0.5) is 14.5 Å². The van der Waals surface area contributed by atoms with Gasteiger partial charge in [-0.25, -0.2) is 0 Å². The fraction of sp³-hybridized carbons (Fsp3) is 0.200. The Morgan fingerprint density at radius 1 is 1.59 bits per heavy atom. The first-order valence-corrected chi connectivity index (χ1v) is 4.43. The van der Waals surface area contributed by atoms with E-state index in [0.29, 0.717) is 0 Å². The minimum absolute atomic E-state index is 0.0120. The van der Waals surface area contributed by atoms with Crippen molar-refractivity contribution in [2.24, 2.45) is 0 Å². The highest BCUT2D eigenvalue weighted by Crippen LogP contribution is 2.26. The van der Waals surface area contributed by atoms with Gasteiger partial charge in [0.25, 0.3) is 0 Å². The minimum atomic E-state index is -3.08. The lowest BCUT2D eigenvalue weighted by atomic mass is 10.1. The van der Waals surface area contributed by atoms with Gasteiger partial charge in [0.05, 0.1) is 12.0 Å². The summed E-state index contributed by atoms with van der Waals surface area (Å²) in [6.45, 7) is -3.08. The van der Waals surface area contributed by atoms with Crippen molar-refractivity contribution in [1.82, 2.24) is 0 Å². The number of nitrogens with zero attached hydrogens (tertiary/aromatic N) is 1. The summed E-state index contributed by atoms with van der Waals surface area (Å²) in [7, 11) is 0. The Labute approximate surface area is 95.0 Å². The van der Waals surface area contributed by atoms with Gasteiger partial charge in [-0.05, 0) is 11.6 Å². The fourth-order valence-corrected chi connectivity index (χ4v) is 1.24. The van der Waals surface area contributed by atoms with Gasteiger partial charge < -0.3 is 15.6 Å². The highest BCUT2D eigenvalue weighted by molar-refractivity contribution is 5.74. The maximum atomic E-state index is 12.0. The van der Waals surface area contributed by atoms with E-state index in [9.17, 15) is 13.6 Å². The highest BCUT2D eigenvalue weighted by Gasteiger charge is 2.14. The van der Waals surface area contributed by atoms with Gasteiger partial charge in [0.15, 0.2) is 0 Å². The number of nitriles is 1. The molecule has 0 aliphatic rings. The van der Waals surface area contributed by atoms with Crippen molar-refractivity contribution in [2.45, 2.75) is 13.0 Å². The molecule has 0 saturated carbocycles. The number of hydrogen-bond donors (Lipinski definition) is 2. The molecule has 0 aliphatic heterocycles. The summed E-state index contributed by atoms with van der Waals surface area (Å²) in [5, 5.41) is 17.3. The second-order valence-corrected chi connectivity index (χ2v) is 3.11. The average molecular weight is 242 g/mol. The van der Waals surface area contributed by atoms with Gasteiger partial charge in [0.1, 0.15) is 11.8 Å². The molecule has 17 heavy (non-hydrogen) atoms. The molecule has 1 aromatic rings. The third-order valence-corrected chi connectivity index (χ3v) is 1.92. The minimum Gasteiger partial charge on any atom is -0.481 e. The third kappa shape index (κ3) is 3.31. The number of carbonyl (C=O) groups is 1. The van der Waals surface area contributed by atoms with E-state index in [1.165, 1.54) is 0 Å². The highest BCUT2D eigenvalue weighted by atomic mass is 19.3. The van der Waals surface area contributed by atoms with Crippen LogP contribution >= 0.6 is 0 Å². The molecule has 0 spiro atoms. The molecule has 0 aliphatic carbocycles. The average Bonchev–Trinajstić information content (AvgIpc) is 2.20. The Balaban J connectivity index is 3.16. The topological polar surface area (TPSA) is 96.3 Å². The number of rotatable bonds is 4. The number of halogens is 2. The van der Waals surface area contributed by atoms with E-state index >= 15 is 0 Å². The summed E-state index contributed by atoms with van der Waals surface area (Å²) >= 11 is 0. The molecule has 90 valence electrons. The zero-order chi connectivity index (χ0) is 13.0. The number of hydrogen-bond acceptors (Lipinski definition) is 4. The Bertz CT molecular complexity index is 483. The van der Waals surface area contributed by atoms with Crippen LogP contribution in [-0.2, 0) is 11.2 Å². The molecule has 0 radical (unpaired) electrons. The van der Waals surface area contributed by atoms with Gasteiger partial charge in [-0.15, -0.1) is 0 Å². The Morgan fingerprint density at radius 3 is 2.71 bits per heavy atom. The first kappa shape index (κ1) is 12.7. The van der Waals surface area contributed by atoms with Crippen LogP contribution in [-0.4, -0.2) is 17.7 Å². The van der Waals surface area contributed by atoms with E-state index in [1.807, 2.05) is 0 Å². The van der Waals surface area contributed by atoms with E-state index < -0.39 is 19.0 Å². The first-order chi connectivity index (χ1) is 7.93. The lowest BCUT2D eigenvalue weighted by molar-refractivity contribution is -0.136. The van der Waals surface area contributed by atoms with E-state index in [4.69, 9.17) is 16.1 Å². The van der Waals surface area contributed by atoms with Crippen LogP contribution in [0.15, 0.2) is 12.1 Å². The summed E-state index contributed by atoms with van der Waals surface area (Å²) in [6.07, 6.45) is -0.393. The molecule has 0 heterocycles. The van der Waals surface area contributed by atoms with Crippen LogP contribution in [0, 0.1) is 11.3 Å². The van der Waals surface area contributed by atoms with Gasteiger partial charge in [-0.2, -0.15) is 14.0 Å². The molecule has 0 fully saturated rings. The Morgan fingerprint density at radius 2 is 2.24 bits per heavy atom. The fourth-order valence-electron chi connectivity index (χ4n) is 1.24. The number of anilines is 1. The molecular weight excluding hydrogens is 234 g/mol. The van der Waals surface area contributed by atoms with Crippen molar-refractivity contribution in [3.05, 3.63) is 23.3 Å². The smallest absolute Gasteiger partial charge is 0.387 e. The van der Waals surface area contributed by atoms with Crippen molar-refractivity contribution < 1.29 is 23.4 Å². The molecule has 0 bridgehead atoms. The summed E-state index contributed by atoms with van der Waals surface area (Å²) in [6, 6.07) is 3.78. The van der Waals surface area contributed by atoms with Crippen LogP contribution < -0.4 is 10.5 Å². The molecule has 0 amide bonds. The SMILES string of the molecule is N#Cc1cc(CC(=O)O)c(N)cc1OC(F)F. The van der Waals surface area contributed by atoms with Crippen molar-refractivity contribution in [2.75, 3.05) is 5.73 Å². The predicted molar refractivity (Wildman–Crippen MR) is 53.5 cm³/mol. The summed E-state index contributed by atoms with van der Waals surface area (Å²) < 4.78 is 28.1. The van der Waals surface area contributed by atoms with E-state index in [1.54, 1.807) is 6.07 Å². The lowest BCUT2D eigenvalue weighted by Crippen LogP contribution is -2.08. The molecular formula is C10H8F2N2O3. The van der Waals surface area contributed by atoms with Crippen molar-refractivity contribution in [1.29, 1.82) is 5.26 Å².